The molecule has 0 radical (unpaired) electrons. The number of amides is 1. The third-order valence-electron chi connectivity index (χ3n) is 3.77. The maximum atomic E-state index is 12.5. The van der Waals surface area contributed by atoms with Crippen LogP contribution in [0.3, 0.4) is 0 Å². The second-order valence-electron chi connectivity index (χ2n) is 5.34. The van der Waals surface area contributed by atoms with Crippen molar-refractivity contribution in [1.82, 2.24) is 15.2 Å². The van der Waals surface area contributed by atoms with Crippen LogP contribution in [-0.4, -0.2) is 41.0 Å². The minimum Gasteiger partial charge on any atom is -0.333 e. The van der Waals surface area contributed by atoms with Crippen molar-refractivity contribution in [2.75, 3.05) is 13.1 Å². The largest absolute Gasteiger partial charge is 0.333 e. The predicted molar refractivity (Wildman–Crippen MR) is 74.3 cm³/mol. The van der Waals surface area contributed by atoms with Crippen LogP contribution in [0.1, 0.15) is 36.2 Å². The number of nitrogens with one attached hydrogen (secondary N) is 1. The number of hydrogen-bond donors (Lipinski definition) is 1. The van der Waals surface area contributed by atoms with Crippen LogP contribution in [0.4, 0.5) is 0 Å². The fraction of sp³-hybridized carbons (Fsp3) is 0.571. The normalized spacial score (nSPS) is 22.5. The lowest BCUT2D eigenvalue weighted by molar-refractivity contribution is 0.0722. The maximum absolute atomic E-state index is 12.5. The van der Waals surface area contributed by atoms with E-state index in [1.54, 1.807) is 12.1 Å². The molecular weight excluding hydrogens is 262 g/mol. The van der Waals surface area contributed by atoms with E-state index in [4.69, 9.17) is 11.6 Å². The third kappa shape index (κ3) is 3.07. The van der Waals surface area contributed by atoms with E-state index in [-0.39, 0.29) is 5.91 Å². The van der Waals surface area contributed by atoms with Crippen LogP contribution >= 0.6 is 11.6 Å². The van der Waals surface area contributed by atoms with Crippen LogP contribution in [0.2, 0.25) is 5.02 Å². The molecule has 5 heteroatoms. The van der Waals surface area contributed by atoms with Crippen LogP contribution in [0.25, 0.3) is 0 Å². The van der Waals surface area contributed by atoms with Gasteiger partial charge >= 0.3 is 0 Å². The van der Waals surface area contributed by atoms with E-state index in [2.05, 4.69) is 10.3 Å². The predicted octanol–water partition coefficient (Wildman–Crippen LogP) is 2.09. The molecular formula is C14H18ClN3O. The zero-order chi connectivity index (χ0) is 13.2. The van der Waals surface area contributed by atoms with Gasteiger partial charge in [-0.2, -0.15) is 0 Å². The van der Waals surface area contributed by atoms with Crippen molar-refractivity contribution >= 4 is 17.5 Å². The van der Waals surface area contributed by atoms with Gasteiger partial charge < -0.3 is 10.2 Å². The van der Waals surface area contributed by atoms with Gasteiger partial charge in [0.25, 0.3) is 5.91 Å². The molecule has 1 aliphatic heterocycles. The lowest BCUT2D eigenvalue weighted by atomic mass is 10.2. The van der Waals surface area contributed by atoms with Crippen molar-refractivity contribution in [2.45, 2.75) is 37.8 Å². The summed E-state index contributed by atoms with van der Waals surface area (Å²) in [6, 6.07) is 4.28. The Morgan fingerprint density at radius 3 is 2.84 bits per heavy atom. The average molecular weight is 280 g/mol. The summed E-state index contributed by atoms with van der Waals surface area (Å²) in [5, 5.41) is 4.01. The first-order chi connectivity index (χ1) is 9.24. The molecule has 1 aromatic heterocycles. The molecule has 1 saturated heterocycles. The number of rotatable bonds is 4. The molecule has 102 valence electrons. The molecule has 0 unspecified atom stereocenters. The van der Waals surface area contributed by atoms with E-state index in [0.29, 0.717) is 22.8 Å². The standard InChI is InChI=1S/C14H18ClN3O/c15-10-3-6-13(17-8-10)14(19)18(12-4-5-12)9-11-2-1-7-16-11/h3,6,8,11-12,16H,1-2,4-5,7,9H2/t11-/m1/s1. The Morgan fingerprint density at radius 1 is 1.42 bits per heavy atom. The molecule has 1 amide bonds. The molecule has 1 saturated carbocycles. The highest BCUT2D eigenvalue weighted by Crippen LogP contribution is 2.29. The van der Waals surface area contributed by atoms with Crippen molar-refractivity contribution in [3.8, 4) is 0 Å². The number of carbonyl (C=O) groups excluding carboxylic acids is 1. The van der Waals surface area contributed by atoms with E-state index >= 15 is 0 Å². The second-order valence-corrected chi connectivity index (χ2v) is 5.78. The van der Waals surface area contributed by atoms with Gasteiger partial charge in [0.05, 0.1) is 5.02 Å². The molecule has 0 spiro atoms. The first-order valence-corrected chi connectivity index (χ1v) is 7.28. The average Bonchev–Trinajstić information content (AvgIpc) is 3.13. The molecule has 3 rings (SSSR count). The van der Waals surface area contributed by atoms with Gasteiger partial charge in [-0.1, -0.05) is 11.6 Å². The van der Waals surface area contributed by atoms with Gasteiger partial charge in [-0.05, 0) is 44.4 Å². The van der Waals surface area contributed by atoms with Crippen LogP contribution in [0.5, 0.6) is 0 Å². The minimum atomic E-state index is 0.0351. The third-order valence-corrected chi connectivity index (χ3v) is 4.00. The van der Waals surface area contributed by atoms with Crippen LogP contribution in [0.15, 0.2) is 18.3 Å². The Bertz CT molecular complexity index is 452. The van der Waals surface area contributed by atoms with Crippen LogP contribution in [0, 0.1) is 0 Å². The molecule has 1 aromatic rings. The molecule has 2 heterocycles. The smallest absolute Gasteiger partial charge is 0.272 e. The van der Waals surface area contributed by atoms with Gasteiger partial charge in [-0.25, -0.2) is 4.98 Å². The molecule has 4 nitrogen and oxygen atoms in total. The minimum absolute atomic E-state index is 0.0351. The van der Waals surface area contributed by atoms with E-state index in [9.17, 15) is 4.79 Å². The molecule has 1 atom stereocenters. The van der Waals surface area contributed by atoms with Crippen LogP contribution in [-0.2, 0) is 0 Å². The summed E-state index contributed by atoms with van der Waals surface area (Å²) in [6.45, 7) is 1.87. The molecule has 1 aliphatic carbocycles. The summed E-state index contributed by atoms with van der Waals surface area (Å²) in [6.07, 6.45) is 6.13. The Hall–Kier alpha value is -1.13. The van der Waals surface area contributed by atoms with Crippen molar-refractivity contribution in [3.63, 3.8) is 0 Å². The summed E-state index contributed by atoms with van der Waals surface area (Å²) in [5.41, 5.74) is 0.495. The van der Waals surface area contributed by atoms with Gasteiger partial charge in [0.2, 0.25) is 0 Å². The number of hydrogen-bond acceptors (Lipinski definition) is 3. The Morgan fingerprint density at radius 2 is 2.26 bits per heavy atom. The summed E-state index contributed by atoms with van der Waals surface area (Å²) < 4.78 is 0. The molecule has 0 aromatic carbocycles. The van der Waals surface area contributed by atoms with Crippen molar-refractivity contribution in [3.05, 3.63) is 29.0 Å². The fourth-order valence-electron chi connectivity index (χ4n) is 2.58. The maximum Gasteiger partial charge on any atom is 0.272 e. The lowest BCUT2D eigenvalue weighted by Gasteiger charge is -2.25. The zero-order valence-corrected chi connectivity index (χ0v) is 11.6. The fourth-order valence-corrected chi connectivity index (χ4v) is 2.70. The first-order valence-electron chi connectivity index (χ1n) is 6.90. The lowest BCUT2D eigenvalue weighted by Crippen LogP contribution is -2.42. The number of pyridine rings is 1. The monoisotopic (exact) mass is 279 g/mol. The van der Waals surface area contributed by atoms with E-state index in [0.717, 1.165) is 32.4 Å². The summed E-state index contributed by atoms with van der Waals surface area (Å²) in [7, 11) is 0. The molecule has 2 fully saturated rings. The highest BCUT2D eigenvalue weighted by Gasteiger charge is 2.35. The van der Waals surface area contributed by atoms with Crippen LogP contribution < -0.4 is 5.32 Å². The van der Waals surface area contributed by atoms with E-state index in [1.165, 1.54) is 12.6 Å². The van der Waals surface area contributed by atoms with Gasteiger partial charge in [0.1, 0.15) is 5.69 Å². The topological polar surface area (TPSA) is 45.2 Å². The number of halogens is 1. The Balaban J connectivity index is 1.71. The SMILES string of the molecule is O=C(c1ccc(Cl)cn1)N(C[C@H]1CCCN1)C1CC1. The quantitative estimate of drug-likeness (QED) is 0.918. The summed E-state index contributed by atoms with van der Waals surface area (Å²) >= 11 is 5.81. The van der Waals surface area contributed by atoms with Crippen molar-refractivity contribution in [2.24, 2.45) is 0 Å². The summed E-state index contributed by atoms with van der Waals surface area (Å²) in [5.74, 6) is 0.0351. The number of nitrogens with zero attached hydrogens (tertiary/aromatic N) is 2. The number of aromatic nitrogens is 1. The Labute approximate surface area is 118 Å². The second kappa shape index (κ2) is 5.47. The molecule has 2 aliphatic rings. The zero-order valence-electron chi connectivity index (χ0n) is 10.8. The molecule has 19 heavy (non-hydrogen) atoms. The molecule has 0 bridgehead atoms. The van der Waals surface area contributed by atoms with Gasteiger partial charge in [0.15, 0.2) is 0 Å². The van der Waals surface area contributed by atoms with Gasteiger partial charge in [0, 0.05) is 24.8 Å². The summed E-state index contributed by atoms with van der Waals surface area (Å²) in [4.78, 5) is 18.6. The Kier molecular flexibility index (Phi) is 3.71. The molecule has 1 N–H and O–H groups in total. The highest BCUT2D eigenvalue weighted by molar-refractivity contribution is 6.30. The van der Waals surface area contributed by atoms with Crippen molar-refractivity contribution < 1.29 is 4.79 Å². The van der Waals surface area contributed by atoms with E-state index < -0.39 is 0 Å². The van der Waals surface area contributed by atoms with E-state index in [1.807, 2.05) is 4.90 Å². The number of carbonyl (C=O) groups is 1. The van der Waals surface area contributed by atoms with Gasteiger partial charge in [-0.3, -0.25) is 4.79 Å². The first kappa shape index (κ1) is 12.9. The van der Waals surface area contributed by atoms with Gasteiger partial charge in [-0.15, -0.1) is 0 Å². The highest BCUT2D eigenvalue weighted by atomic mass is 35.5. The van der Waals surface area contributed by atoms with Crippen molar-refractivity contribution in [1.29, 1.82) is 0 Å².